The second-order valence-electron chi connectivity index (χ2n) is 6.81. The van der Waals surface area contributed by atoms with Crippen molar-refractivity contribution in [2.45, 2.75) is 27.7 Å². The Balaban J connectivity index is 1.96. The van der Waals surface area contributed by atoms with Crippen LogP contribution in [-0.4, -0.2) is 44.1 Å². The third kappa shape index (κ3) is 3.53. The van der Waals surface area contributed by atoms with Gasteiger partial charge in [0.15, 0.2) is 0 Å². The van der Waals surface area contributed by atoms with Crippen molar-refractivity contribution in [3.63, 3.8) is 0 Å². The Hall–Kier alpha value is -2.54. The first-order chi connectivity index (χ1) is 12.4. The summed E-state index contributed by atoms with van der Waals surface area (Å²) in [5, 5.41) is 6.39. The van der Waals surface area contributed by atoms with Crippen molar-refractivity contribution in [3.05, 3.63) is 46.7 Å². The van der Waals surface area contributed by atoms with Gasteiger partial charge in [-0.25, -0.2) is 14.6 Å². The molecule has 3 aromatic heterocycles. The molecule has 3 heterocycles. The Morgan fingerprint density at radius 2 is 2.08 bits per heavy atom. The van der Waals surface area contributed by atoms with Crippen molar-refractivity contribution >= 4 is 17.2 Å². The van der Waals surface area contributed by atoms with Gasteiger partial charge in [-0.2, -0.15) is 5.10 Å². The summed E-state index contributed by atoms with van der Waals surface area (Å²) < 4.78 is 1.63. The molecule has 0 unspecified atom stereocenters. The minimum absolute atomic E-state index is 0.0342. The summed E-state index contributed by atoms with van der Waals surface area (Å²) in [7, 11) is 1.82. The summed E-state index contributed by atoms with van der Waals surface area (Å²) in [6.07, 6.45) is 3.40. The van der Waals surface area contributed by atoms with E-state index in [1.54, 1.807) is 33.3 Å². The molecular formula is C19H23N5OS. The van der Waals surface area contributed by atoms with E-state index in [-0.39, 0.29) is 5.91 Å². The van der Waals surface area contributed by atoms with Gasteiger partial charge in [-0.3, -0.25) is 4.79 Å². The second kappa shape index (κ2) is 7.37. The van der Waals surface area contributed by atoms with Crippen LogP contribution in [0.4, 0.5) is 0 Å². The summed E-state index contributed by atoms with van der Waals surface area (Å²) in [4.78, 5) is 24.6. The molecule has 6 nitrogen and oxygen atoms in total. The number of carbonyl (C=O) groups is 1. The van der Waals surface area contributed by atoms with Crippen LogP contribution in [0.2, 0.25) is 0 Å². The number of carbonyl (C=O) groups excluding carboxylic acids is 1. The van der Waals surface area contributed by atoms with Crippen LogP contribution in [0.1, 0.15) is 35.5 Å². The van der Waals surface area contributed by atoms with Crippen LogP contribution in [0.15, 0.2) is 29.9 Å². The molecule has 0 aromatic carbocycles. The molecule has 0 spiro atoms. The van der Waals surface area contributed by atoms with Gasteiger partial charge in [0.2, 0.25) is 0 Å². The fourth-order valence-corrected chi connectivity index (χ4v) is 3.63. The van der Waals surface area contributed by atoms with Crippen molar-refractivity contribution in [2.75, 3.05) is 13.6 Å². The van der Waals surface area contributed by atoms with Crippen molar-refractivity contribution in [3.8, 4) is 16.5 Å². The fraction of sp³-hybridized carbons (Fsp3) is 0.368. The Bertz CT molecular complexity index is 914. The molecule has 0 saturated carbocycles. The van der Waals surface area contributed by atoms with E-state index in [4.69, 9.17) is 0 Å². The van der Waals surface area contributed by atoms with E-state index in [1.807, 2.05) is 38.4 Å². The summed E-state index contributed by atoms with van der Waals surface area (Å²) >= 11 is 1.64. The van der Waals surface area contributed by atoms with Crippen molar-refractivity contribution in [1.29, 1.82) is 0 Å². The average Bonchev–Trinajstić information content (AvgIpc) is 3.24. The standard InChI is InChI=1S/C19H23N5OS/c1-12(2)11-23(5)18(25)15-10-21-24(14(15)4)19-20-9-13(3)17(22-19)16-7-6-8-26-16/h6-10,12H,11H2,1-5H3. The van der Waals surface area contributed by atoms with E-state index in [0.29, 0.717) is 24.0 Å². The molecule has 0 aliphatic heterocycles. The number of nitrogens with zero attached hydrogens (tertiary/aromatic N) is 5. The highest BCUT2D eigenvalue weighted by atomic mass is 32.1. The van der Waals surface area contributed by atoms with Gasteiger partial charge < -0.3 is 4.90 Å². The third-order valence-electron chi connectivity index (χ3n) is 4.13. The van der Waals surface area contributed by atoms with Gasteiger partial charge in [-0.15, -0.1) is 11.3 Å². The lowest BCUT2D eigenvalue weighted by molar-refractivity contribution is 0.0778. The molecule has 136 valence electrons. The largest absolute Gasteiger partial charge is 0.341 e. The Morgan fingerprint density at radius 1 is 1.31 bits per heavy atom. The van der Waals surface area contributed by atoms with E-state index in [2.05, 4.69) is 28.9 Å². The van der Waals surface area contributed by atoms with Crippen LogP contribution >= 0.6 is 11.3 Å². The summed E-state index contributed by atoms with van der Waals surface area (Å²) in [5.41, 5.74) is 3.22. The lowest BCUT2D eigenvalue weighted by Gasteiger charge is -2.19. The van der Waals surface area contributed by atoms with Gasteiger partial charge in [0.05, 0.1) is 28.0 Å². The molecule has 26 heavy (non-hydrogen) atoms. The maximum Gasteiger partial charge on any atom is 0.257 e. The number of aromatic nitrogens is 4. The lowest BCUT2D eigenvalue weighted by atomic mass is 10.2. The molecule has 0 bridgehead atoms. The average molecular weight is 369 g/mol. The van der Waals surface area contributed by atoms with Crippen molar-refractivity contribution in [2.24, 2.45) is 5.92 Å². The zero-order valence-corrected chi connectivity index (χ0v) is 16.5. The smallest absolute Gasteiger partial charge is 0.257 e. The third-order valence-corrected chi connectivity index (χ3v) is 5.01. The number of rotatable bonds is 5. The summed E-state index contributed by atoms with van der Waals surface area (Å²) in [6.45, 7) is 8.74. The van der Waals surface area contributed by atoms with Gasteiger partial charge in [0.25, 0.3) is 11.9 Å². The predicted octanol–water partition coefficient (Wildman–Crippen LogP) is 3.74. The molecule has 0 aliphatic rings. The van der Waals surface area contributed by atoms with Gasteiger partial charge in [-0.1, -0.05) is 19.9 Å². The molecular weight excluding hydrogens is 346 g/mol. The van der Waals surface area contributed by atoms with E-state index in [1.165, 1.54) is 0 Å². The summed E-state index contributed by atoms with van der Waals surface area (Å²) in [6, 6.07) is 4.04. The molecule has 0 N–H and O–H groups in total. The highest BCUT2D eigenvalue weighted by molar-refractivity contribution is 7.13. The molecule has 1 amide bonds. The van der Waals surface area contributed by atoms with Gasteiger partial charge in [0, 0.05) is 19.8 Å². The SMILES string of the molecule is Cc1cnc(-n2ncc(C(=O)N(C)CC(C)C)c2C)nc1-c1cccs1. The summed E-state index contributed by atoms with van der Waals surface area (Å²) in [5.74, 6) is 0.850. The quantitative estimate of drug-likeness (QED) is 0.687. The Morgan fingerprint density at radius 3 is 2.73 bits per heavy atom. The Kier molecular flexibility index (Phi) is 5.18. The van der Waals surface area contributed by atoms with Crippen LogP contribution in [0.25, 0.3) is 16.5 Å². The Labute approximate surface area is 157 Å². The number of hydrogen-bond acceptors (Lipinski definition) is 5. The lowest BCUT2D eigenvalue weighted by Crippen LogP contribution is -2.30. The van der Waals surface area contributed by atoms with Crippen LogP contribution in [0, 0.1) is 19.8 Å². The molecule has 0 saturated heterocycles. The molecule has 7 heteroatoms. The van der Waals surface area contributed by atoms with Gasteiger partial charge >= 0.3 is 0 Å². The van der Waals surface area contributed by atoms with Crippen molar-refractivity contribution < 1.29 is 4.79 Å². The van der Waals surface area contributed by atoms with Gasteiger partial charge in [-0.05, 0) is 36.8 Å². The second-order valence-corrected chi connectivity index (χ2v) is 7.76. The first kappa shape index (κ1) is 18.3. The maximum absolute atomic E-state index is 12.7. The van der Waals surface area contributed by atoms with Crippen molar-refractivity contribution in [1.82, 2.24) is 24.6 Å². The minimum Gasteiger partial charge on any atom is -0.341 e. The molecule has 3 aromatic rings. The number of hydrogen-bond donors (Lipinski definition) is 0. The topological polar surface area (TPSA) is 63.9 Å². The van der Waals surface area contributed by atoms with Crippen LogP contribution in [-0.2, 0) is 0 Å². The minimum atomic E-state index is -0.0342. The number of aryl methyl sites for hydroxylation is 1. The van der Waals surface area contributed by atoms with E-state index < -0.39 is 0 Å². The van der Waals surface area contributed by atoms with E-state index in [0.717, 1.165) is 21.8 Å². The molecule has 0 atom stereocenters. The number of thiophene rings is 1. The van der Waals surface area contributed by atoms with Gasteiger partial charge in [0.1, 0.15) is 0 Å². The molecule has 0 radical (unpaired) electrons. The monoisotopic (exact) mass is 369 g/mol. The van der Waals surface area contributed by atoms with E-state index >= 15 is 0 Å². The van der Waals surface area contributed by atoms with Crippen LogP contribution in [0.3, 0.4) is 0 Å². The van der Waals surface area contributed by atoms with E-state index in [9.17, 15) is 4.79 Å². The van der Waals surface area contributed by atoms with Crippen LogP contribution < -0.4 is 0 Å². The first-order valence-corrected chi connectivity index (χ1v) is 9.44. The first-order valence-electron chi connectivity index (χ1n) is 8.56. The predicted molar refractivity (Wildman–Crippen MR) is 104 cm³/mol. The molecule has 0 aliphatic carbocycles. The highest BCUT2D eigenvalue weighted by Crippen LogP contribution is 2.26. The molecule has 3 rings (SSSR count). The fourth-order valence-electron chi connectivity index (χ4n) is 2.85. The number of amides is 1. The molecule has 0 fully saturated rings. The maximum atomic E-state index is 12.7. The normalized spacial score (nSPS) is 11.2. The van der Waals surface area contributed by atoms with Crippen LogP contribution in [0.5, 0.6) is 0 Å². The zero-order valence-electron chi connectivity index (χ0n) is 15.7. The zero-order chi connectivity index (χ0) is 18.8. The highest BCUT2D eigenvalue weighted by Gasteiger charge is 2.20.